The first-order valence-electron chi connectivity index (χ1n) is 15.9. The summed E-state index contributed by atoms with van der Waals surface area (Å²) in [7, 11) is 0. The molecule has 8 aromatic rings. The van der Waals surface area contributed by atoms with Crippen LogP contribution in [0.3, 0.4) is 0 Å². The minimum atomic E-state index is 0.883. The van der Waals surface area contributed by atoms with Crippen molar-refractivity contribution in [1.29, 1.82) is 0 Å². The van der Waals surface area contributed by atoms with Gasteiger partial charge in [0.2, 0.25) is 0 Å². The normalized spacial score (nSPS) is 15.6. The summed E-state index contributed by atoms with van der Waals surface area (Å²) in [5.74, 6) is 0.897. The van der Waals surface area contributed by atoms with Gasteiger partial charge in [0.05, 0.1) is 28.1 Å². The average molecular weight is 620 g/mol. The van der Waals surface area contributed by atoms with Crippen LogP contribution in [-0.4, -0.2) is 16.1 Å². The molecule has 0 bridgehead atoms. The first kappa shape index (κ1) is 27.5. The van der Waals surface area contributed by atoms with E-state index in [0.29, 0.717) is 0 Å². The Kier molecular flexibility index (Phi) is 6.54. The molecule has 4 heteroatoms. The number of thiophene rings is 1. The van der Waals surface area contributed by atoms with Crippen LogP contribution in [0, 0.1) is 0 Å². The van der Waals surface area contributed by atoms with E-state index in [-0.39, 0.29) is 0 Å². The molecule has 0 spiro atoms. The fourth-order valence-corrected chi connectivity index (χ4v) is 8.20. The van der Waals surface area contributed by atoms with Gasteiger partial charge < -0.3 is 0 Å². The van der Waals surface area contributed by atoms with E-state index < -0.39 is 0 Å². The van der Waals surface area contributed by atoms with Gasteiger partial charge in [-0.05, 0) is 37.3 Å². The summed E-state index contributed by atoms with van der Waals surface area (Å²) in [4.78, 5) is 10.6. The highest BCUT2D eigenvalue weighted by atomic mass is 32.1. The maximum atomic E-state index is 5.54. The molecule has 0 saturated carbocycles. The summed E-state index contributed by atoms with van der Waals surface area (Å²) in [6, 6.07) is 47.0. The van der Waals surface area contributed by atoms with Gasteiger partial charge in [-0.15, -0.1) is 11.3 Å². The Morgan fingerprint density at radius 1 is 0.596 bits per heavy atom. The lowest BCUT2D eigenvalue weighted by Crippen LogP contribution is -2.10. The molecule has 0 N–H and O–H groups in total. The van der Waals surface area contributed by atoms with E-state index in [1.165, 1.54) is 47.2 Å². The molecule has 2 aromatic heterocycles. The van der Waals surface area contributed by atoms with Crippen molar-refractivity contribution in [2.75, 3.05) is 0 Å². The Bertz CT molecular complexity index is 2660. The standard InChI is InChI=1S/C43H29N3S/c1-28(44-41(29-16-4-2-5-17-29)33-22-10-13-25-36(33)45-30-18-6-3-7-19-30)46-37-26-14-11-23-34(37)39-40-35-24-12-15-27-38(35)47-43(40)32-21-9-8-20-31(32)42(39)46/h2-27H,1H3/b41-33-,44-28+,45-36+. The van der Waals surface area contributed by atoms with Crippen molar-refractivity contribution in [1.82, 2.24) is 4.57 Å². The van der Waals surface area contributed by atoms with Gasteiger partial charge in [0, 0.05) is 52.9 Å². The molecule has 9 rings (SSSR count). The second-order valence-electron chi connectivity index (χ2n) is 11.8. The molecule has 0 saturated heterocycles. The van der Waals surface area contributed by atoms with E-state index in [1.807, 2.05) is 53.8 Å². The molecular weight excluding hydrogens is 591 g/mol. The van der Waals surface area contributed by atoms with Gasteiger partial charge in [-0.3, -0.25) is 4.57 Å². The quantitative estimate of drug-likeness (QED) is 0.139. The van der Waals surface area contributed by atoms with Crippen LogP contribution in [0.4, 0.5) is 5.69 Å². The monoisotopic (exact) mass is 619 g/mol. The Morgan fingerprint density at radius 2 is 1.23 bits per heavy atom. The Hall–Kier alpha value is -5.84. The van der Waals surface area contributed by atoms with Gasteiger partial charge in [-0.25, -0.2) is 9.98 Å². The maximum absolute atomic E-state index is 5.54. The van der Waals surface area contributed by atoms with Gasteiger partial charge in [0.1, 0.15) is 5.84 Å². The smallest absolute Gasteiger partial charge is 0.111 e. The highest BCUT2D eigenvalue weighted by Gasteiger charge is 2.22. The number of benzene rings is 6. The van der Waals surface area contributed by atoms with Crippen molar-refractivity contribution >= 4 is 87.0 Å². The number of fused-ring (bicyclic) bond motifs is 10. The first-order valence-corrected chi connectivity index (χ1v) is 16.7. The number of nitrogens with zero attached hydrogens (tertiary/aromatic N) is 3. The lowest BCUT2D eigenvalue weighted by Gasteiger charge is -2.15. The van der Waals surface area contributed by atoms with Crippen LogP contribution in [0.1, 0.15) is 12.5 Å². The van der Waals surface area contributed by atoms with Gasteiger partial charge in [-0.2, -0.15) is 0 Å². The molecule has 1 aliphatic carbocycles. The van der Waals surface area contributed by atoms with E-state index in [0.717, 1.165) is 39.6 Å². The zero-order valence-electron chi connectivity index (χ0n) is 25.8. The third-order valence-corrected chi connectivity index (χ3v) is 10.2. The van der Waals surface area contributed by atoms with Gasteiger partial charge in [-0.1, -0.05) is 127 Å². The van der Waals surface area contributed by atoms with Crippen LogP contribution in [0.15, 0.2) is 173 Å². The van der Waals surface area contributed by atoms with Gasteiger partial charge >= 0.3 is 0 Å². The minimum Gasteiger partial charge on any atom is -0.297 e. The minimum absolute atomic E-state index is 0.883. The zero-order chi connectivity index (χ0) is 31.3. The van der Waals surface area contributed by atoms with Gasteiger partial charge in [0.25, 0.3) is 0 Å². The van der Waals surface area contributed by atoms with Crippen molar-refractivity contribution in [2.45, 2.75) is 6.92 Å². The summed E-state index contributed by atoms with van der Waals surface area (Å²) in [5.41, 5.74) is 7.04. The molecule has 3 nitrogen and oxygen atoms in total. The summed E-state index contributed by atoms with van der Waals surface area (Å²) in [6.07, 6.45) is 8.31. The molecule has 0 fully saturated rings. The fourth-order valence-electron chi connectivity index (χ4n) is 6.96. The molecule has 0 unspecified atom stereocenters. The predicted molar refractivity (Wildman–Crippen MR) is 204 cm³/mol. The van der Waals surface area contributed by atoms with E-state index in [4.69, 9.17) is 9.98 Å². The second-order valence-corrected chi connectivity index (χ2v) is 12.8. The number of aromatic nitrogens is 1. The Balaban J connectivity index is 1.40. The summed E-state index contributed by atoms with van der Waals surface area (Å²) < 4.78 is 5.01. The van der Waals surface area contributed by atoms with Crippen molar-refractivity contribution < 1.29 is 0 Å². The summed E-state index contributed by atoms with van der Waals surface area (Å²) in [5, 5.41) is 7.63. The van der Waals surface area contributed by atoms with Gasteiger partial charge in [0.15, 0.2) is 0 Å². The third kappa shape index (κ3) is 4.49. The number of allylic oxidation sites excluding steroid dienone is 5. The molecule has 0 amide bonds. The highest BCUT2D eigenvalue weighted by Crippen LogP contribution is 2.47. The van der Waals surface area contributed by atoms with Crippen LogP contribution < -0.4 is 0 Å². The molecule has 222 valence electrons. The van der Waals surface area contributed by atoms with E-state index >= 15 is 0 Å². The molecule has 0 radical (unpaired) electrons. The number of hydrogen-bond donors (Lipinski definition) is 0. The van der Waals surface area contributed by atoms with Crippen LogP contribution in [0.25, 0.3) is 58.4 Å². The van der Waals surface area contributed by atoms with Crippen LogP contribution in [-0.2, 0) is 0 Å². The van der Waals surface area contributed by atoms with Crippen molar-refractivity contribution in [3.05, 3.63) is 169 Å². The summed E-state index contributed by atoms with van der Waals surface area (Å²) >= 11 is 1.89. The van der Waals surface area contributed by atoms with Crippen molar-refractivity contribution in [2.24, 2.45) is 9.98 Å². The molecule has 47 heavy (non-hydrogen) atoms. The molecule has 0 atom stereocenters. The van der Waals surface area contributed by atoms with Crippen LogP contribution >= 0.6 is 11.3 Å². The molecule has 2 heterocycles. The predicted octanol–water partition coefficient (Wildman–Crippen LogP) is 11.9. The first-order chi connectivity index (χ1) is 23.3. The number of para-hydroxylation sites is 2. The highest BCUT2D eigenvalue weighted by molar-refractivity contribution is 7.27. The van der Waals surface area contributed by atoms with Crippen molar-refractivity contribution in [3.63, 3.8) is 0 Å². The Labute approximate surface area is 276 Å². The van der Waals surface area contributed by atoms with Crippen LogP contribution in [0.5, 0.6) is 0 Å². The Morgan fingerprint density at radius 3 is 2.04 bits per heavy atom. The third-order valence-electron chi connectivity index (χ3n) is 8.96. The van der Waals surface area contributed by atoms with E-state index in [2.05, 4.69) is 127 Å². The molecule has 6 aromatic carbocycles. The maximum Gasteiger partial charge on any atom is 0.111 e. The SMILES string of the molecule is C\C(=N/C(=C1/C=CC=C/C1=N\c1ccccc1)c1ccccc1)n1c2ccccc2c2c3c4ccccc4sc3c3ccccc3c21. The summed E-state index contributed by atoms with van der Waals surface area (Å²) in [6.45, 7) is 2.14. The molecule has 0 aliphatic heterocycles. The van der Waals surface area contributed by atoms with Crippen molar-refractivity contribution in [3.8, 4) is 0 Å². The fraction of sp³-hybridized carbons (Fsp3) is 0.0233. The molecular formula is C43H29N3S. The number of rotatable bonds is 3. The lowest BCUT2D eigenvalue weighted by atomic mass is 9.98. The van der Waals surface area contributed by atoms with E-state index in [9.17, 15) is 0 Å². The zero-order valence-corrected chi connectivity index (χ0v) is 26.6. The number of hydrogen-bond acceptors (Lipinski definition) is 3. The average Bonchev–Trinajstić information content (AvgIpc) is 3.69. The second kappa shape index (κ2) is 11.2. The topological polar surface area (TPSA) is 29.6 Å². The largest absolute Gasteiger partial charge is 0.297 e. The number of aliphatic imine (C=N–C) groups is 2. The van der Waals surface area contributed by atoms with Crippen LogP contribution in [0.2, 0.25) is 0 Å². The lowest BCUT2D eigenvalue weighted by molar-refractivity contribution is 1.24. The van der Waals surface area contributed by atoms with E-state index in [1.54, 1.807) is 0 Å². The molecule has 1 aliphatic rings.